The molecule has 0 saturated heterocycles. The number of nitro groups is 1. The van der Waals surface area contributed by atoms with Crippen LogP contribution in [0.4, 0.5) is 11.4 Å². The van der Waals surface area contributed by atoms with E-state index in [9.17, 15) is 10.1 Å². The molecule has 0 atom stereocenters. The normalized spacial score (nSPS) is 11.4. The summed E-state index contributed by atoms with van der Waals surface area (Å²) in [5, 5.41) is 16.6. The number of pyridine rings is 1. The summed E-state index contributed by atoms with van der Waals surface area (Å²) in [5.74, 6) is 0. The molecule has 3 rings (SSSR count). The Labute approximate surface area is 148 Å². The quantitative estimate of drug-likeness (QED) is 0.402. The maximum atomic E-state index is 11.0. The molecule has 0 saturated carbocycles. The minimum absolute atomic E-state index is 0.0529. The molecule has 7 heteroatoms. The maximum absolute atomic E-state index is 11.0. The van der Waals surface area contributed by atoms with Gasteiger partial charge in [0.2, 0.25) is 0 Å². The first kappa shape index (κ1) is 16.6. The zero-order valence-electron chi connectivity index (χ0n) is 13.0. The number of rotatable bonds is 5. The summed E-state index contributed by atoms with van der Waals surface area (Å²) in [6.45, 7) is 0. The molecule has 0 unspecified atom stereocenters. The SMILES string of the molecule is O=[N+]([O-])c1ccccc1C=CC=NNc1ccnc2cc(Cl)ccc12. The number of benzene rings is 2. The van der Waals surface area contributed by atoms with Gasteiger partial charge in [0, 0.05) is 28.9 Å². The number of para-hydroxylation sites is 1. The van der Waals surface area contributed by atoms with E-state index in [0.717, 1.165) is 16.6 Å². The van der Waals surface area contributed by atoms with Crippen LogP contribution in [-0.4, -0.2) is 16.1 Å². The molecule has 0 fully saturated rings. The van der Waals surface area contributed by atoms with E-state index in [1.165, 1.54) is 12.3 Å². The molecule has 0 bridgehead atoms. The van der Waals surface area contributed by atoms with Gasteiger partial charge in [-0.25, -0.2) is 0 Å². The molecule has 1 heterocycles. The van der Waals surface area contributed by atoms with Crippen molar-refractivity contribution in [1.29, 1.82) is 0 Å². The monoisotopic (exact) mass is 352 g/mol. The number of fused-ring (bicyclic) bond motifs is 1. The van der Waals surface area contributed by atoms with Crippen molar-refractivity contribution in [2.24, 2.45) is 5.10 Å². The number of nitro benzene ring substituents is 1. The molecular weight excluding hydrogens is 340 g/mol. The van der Waals surface area contributed by atoms with E-state index in [-0.39, 0.29) is 5.69 Å². The Morgan fingerprint density at radius 2 is 2.04 bits per heavy atom. The van der Waals surface area contributed by atoms with Gasteiger partial charge >= 0.3 is 0 Å². The van der Waals surface area contributed by atoms with Gasteiger partial charge in [0.15, 0.2) is 0 Å². The number of allylic oxidation sites excluding steroid dienone is 1. The Morgan fingerprint density at radius 3 is 2.88 bits per heavy atom. The van der Waals surface area contributed by atoms with Gasteiger partial charge in [-0.3, -0.25) is 20.5 Å². The number of hydrogen-bond donors (Lipinski definition) is 1. The lowest BCUT2D eigenvalue weighted by Gasteiger charge is -2.04. The summed E-state index contributed by atoms with van der Waals surface area (Å²) in [6, 6.07) is 13.8. The van der Waals surface area contributed by atoms with Crippen LogP contribution in [0.2, 0.25) is 5.02 Å². The molecule has 0 spiro atoms. The van der Waals surface area contributed by atoms with E-state index in [2.05, 4.69) is 15.5 Å². The van der Waals surface area contributed by atoms with E-state index < -0.39 is 4.92 Å². The molecular formula is C18H13ClN4O2. The fourth-order valence-corrected chi connectivity index (χ4v) is 2.48. The second-order valence-electron chi connectivity index (χ2n) is 5.08. The minimum Gasteiger partial charge on any atom is -0.278 e. The van der Waals surface area contributed by atoms with Gasteiger partial charge in [-0.15, -0.1) is 0 Å². The van der Waals surface area contributed by atoms with Crippen LogP contribution in [0.3, 0.4) is 0 Å². The molecule has 0 amide bonds. The van der Waals surface area contributed by atoms with Crippen molar-refractivity contribution >= 4 is 46.2 Å². The summed E-state index contributed by atoms with van der Waals surface area (Å²) in [6.07, 6.45) is 6.46. The number of hydrogen-bond acceptors (Lipinski definition) is 5. The summed E-state index contributed by atoms with van der Waals surface area (Å²) in [4.78, 5) is 14.8. The molecule has 1 N–H and O–H groups in total. The van der Waals surface area contributed by atoms with Crippen molar-refractivity contribution < 1.29 is 4.92 Å². The van der Waals surface area contributed by atoms with Crippen LogP contribution >= 0.6 is 11.6 Å². The van der Waals surface area contributed by atoms with E-state index in [4.69, 9.17) is 11.6 Å². The highest BCUT2D eigenvalue weighted by molar-refractivity contribution is 6.31. The lowest BCUT2D eigenvalue weighted by atomic mass is 10.1. The van der Waals surface area contributed by atoms with Gasteiger partial charge in [0.1, 0.15) is 0 Å². The largest absolute Gasteiger partial charge is 0.278 e. The smallest absolute Gasteiger partial charge is 0.276 e. The van der Waals surface area contributed by atoms with Crippen molar-refractivity contribution in [3.05, 3.63) is 81.5 Å². The first-order chi connectivity index (χ1) is 12.1. The Hall–Kier alpha value is -3.25. The third-order valence-electron chi connectivity index (χ3n) is 3.46. The van der Waals surface area contributed by atoms with Gasteiger partial charge in [0.25, 0.3) is 5.69 Å². The summed E-state index contributed by atoms with van der Waals surface area (Å²) < 4.78 is 0. The zero-order chi connectivity index (χ0) is 17.6. The highest BCUT2D eigenvalue weighted by Gasteiger charge is 2.08. The topological polar surface area (TPSA) is 80.4 Å². The number of hydrazone groups is 1. The second kappa shape index (κ2) is 7.55. The van der Waals surface area contributed by atoms with Crippen molar-refractivity contribution in [2.45, 2.75) is 0 Å². The number of halogens is 1. The molecule has 1 aromatic heterocycles. The number of anilines is 1. The third kappa shape index (κ3) is 3.99. The first-order valence-electron chi connectivity index (χ1n) is 7.38. The molecule has 2 aromatic carbocycles. The molecule has 0 radical (unpaired) electrons. The molecule has 3 aromatic rings. The van der Waals surface area contributed by atoms with Gasteiger partial charge < -0.3 is 0 Å². The van der Waals surface area contributed by atoms with Crippen LogP contribution in [0.1, 0.15) is 5.56 Å². The van der Waals surface area contributed by atoms with Crippen LogP contribution < -0.4 is 5.43 Å². The van der Waals surface area contributed by atoms with Crippen molar-refractivity contribution in [3.63, 3.8) is 0 Å². The molecule has 6 nitrogen and oxygen atoms in total. The highest BCUT2D eigenvalue weighted by atomic mass is 35.5. The van der Waals surface area contributed by atoms with Crippen LogP contribution in [0.5, 0.6) is 0 Å². The van der Waals surface area contributed by atoms with Crippen molar-refractivity contribution in [1.82, 2.24) is 4.98 Å². The maximum Gasteiger partial charge on any atom is 0.276 e. The first-order valence-corrected chi connectivity index (χ1v) is 7.76. The van der Waals surface area contributed by atoms with Gasteiger partial charge in [-0.2, -0.15) is 5.10 Å². The number of nitrogens with zero attached hydrogens (tertiary/aromatic N) is 3. The zero-order valence-corrected chi connectivity index (χ0v) is 13.7. The Kier molecular flexibility index (Phi) is 5.01. The van der Waals surface area contributed by atoms with Crippen molar-refractivity contribution in [2.75, 3.05) is 5.43 Å². The number of nitrogens with one attached hydrogen (secondary N) is 1. The van der Waals surface area contributed by atoms with Crippen molar-refractivity contribution in [3.8, 4) is 0 Å². The van der Waals surface area contributed by atoms with Crippen LogP contribution in [0, 0.1) is 10.1 Å². The lowest BCUT2D eigenvalue weighted by Crippen LogP contribution is -1.92. The fraction of sp³-hybridized carbons (Fsp3) is 0. The second-order valence-corrected chi connectivity index (χ2v) is 5.52. The predicted molar refractivity (Wildman–Crippen MR) is 101 cm³/mol. The van der Waals surface area contributed by atoms with E-state index in [1.807, 2.05) is 6.07 Å². The van der Waals surface area contributed by atoms with E-state index in [0.29, 0.717) is 10.6 Å². The highest BCUT2D eigenvalue weighted by Crippen LogP contribution is 2.24. The van der Waals surface area contributed by atoms with Gasteiger partial charge in [-0.1, -0.05) is 23.7 Å². The average Bonchev–Trinajstić information content (AvgIpc) is 2.61. The Bertz CT molecular complexity index is 986. The fourth-order valence-electron chi connectivity index (χ4n) is 2.31. The Morgan fingerprint density at radius 1 is 1.20 bits per heavy atom. The minimum atomic E-state index is -0.413. The van der Waals surface area contributed by atoms with Gasteiger partial charge in [-0.05, 0) is 42.5 Å². The lowest BCUT2D eigenvalue weighted by molar-refractivity contribution is -0.385. The van der Waals surface area contributed by atoms with E-state index in [1.54, 1.807) is 54.7 Å². The molecule has 124 valence electrons. The molecule has 25 heavy (non-hydrogen) atoms. The predicted octanol–water partition coefficient (Wildman–Crippen LogP) is 4.91. The summed E-state index contributed by atoms with van der Waals surface area (Å²) in [5.41, 5.74) is 5.06. The molecule has 0 aliphatic rings. The van der Waals surface area contributed by atoms with Crippen LogP contribution in [0.25, 0.3) is 17.0 Å². The van der Waals surface area contributed by atoms with Crippen LogP contribution in [-0.2, 0) is 0 Å². The standard InChI is InChI=1S/C18H13ClN4O2/c19-14-7-8-15-16(9-11-20-17(15)12-14)22-21-10-3-5-13-4-1-2-6-18(13)23(24)25/h1-12H,(H,20,22). The summed E-state index contributed by atoms with van der Waals surface area (Å²) >= 11 is 5.96. The number of aromatic nitrogens is 1. The van der Waals surface area contributed by atoms with E-state index >= 15 is 0 Å². The van der Waals surface area contributed by atoms with Gasteiger partial charge in [0.05, 0.1) is 21.7 Å². The Balaban J connectivity index is 1.73. The summed E-state index contributed by atoms with van der Waals surface area (Å²) in [7, 11) is 0. The average molecular weight is 353 g/mol. The third-order valence-corrected chi connectivity index (χ3v) is 3.69. The molecule has 0 aliphatic carbocycles. The van der Waals surface area contributed by atoms with Crippen LogP contribution in [0.15, 0.2) is 65.9 Å². The molecule has 0 aliphatic heterocycles.